The highest BCUT2D eigenvalue weighted by molar-refractivity contribution is 9.10. The van der Waals surface area contributed by atoms with Crippen molar-refractivity contribution in [1.29, 1.82) is 0 Å². The van der Waals surface area contributed by atoms with E-state index in [4.69, 9.17) is 4.74 Å². The molecular formula is C11H8BrNO2S. The first-order chi connectivity index (χ1) is 7.79. The molecule has 0 radical (unpaired) electrons. The Kier molecular flexibility index (Phi) is 3.69. The molecule has 0 aliphatic heterocycles. The van der Waals surface area contributed by atoms with E-state index in [1.807, 2.05) is 11.4 Å². The van der Waals surface area contributed by atoms with Crippen LogP contribution in [0.4, 0.5) is 0 Å². The van der Waals surface area contributed by atoms with Gasteiger partial charge in [-0.1, -0.05) is 0 Å². The van der Waals surface area contributed by atoms with E-state index in [1.54, 1.807) is 29.7 Å². The van der Waals surface area contributed by atoms with Gasteiger partial charge in [0, 0.05) is 4.47 Å². The predicted molar refractivity (Wildman–Crippen MR) is 66.0 cm³/mol. The molecule has 0 fully saturated rings. The first-order valence-electron chi connectivity index (χ1n) is 4.55. The minimum atomic E-state index is 0.407. The summed E-state index contributed by atoms with van der Waals surface area (Å²) in [5.41, 5.74) is 0.407. The molecule has 0 aromatic carbocycles. The monoisotopic (exact) mass is 297 g/mol. The molecule has 0 amide bonds. The summed E-state index contributed by atoms with van der Waals surface area (Å²) in [5.74, 6) is 0.658. The number of hydrogen-bond acceptors (Lipinski definition) is 4. The van der Waals surface area contributed by atoms with E-state index in [9.17, 15) is 4.79 Å². The molecule has 0 unspecified atom stereocenters. The van der Waals surface area contributed by atoms with Crippen molar-refractivity contribution in [1.82, 2.24) is 4.98 Å². The van der Waals surface area contributed by atoms with Crippen molar-refractivity contribution in [3.8, 4) is 5.75 Å². The second kappa shape index (κ2) is 5.23. The quantitative estimate of drug-likeness (QED) is 0.813. The molecule has 0 atom stereocenters. The van der Waals surface area contributed by atoms with Gasteiger partial charge in [0.15, 0.2) is 6.29 Å². The van der Waals surface area contributed by atoms with Crippen molar-refractivity contribution in [2.75, 3.05) is 0 Å². The van der Waals surface area contributed by atoms with Gasteiger partial charge in [-0.25, -0.2) is 4.98 Å². The molecule has 0 bridgehead atoms. The number of carbonyl (C=O) groups is 1. The molecule has 0 spiro atoms. The minimum Gasteiger partial charge on any atom is -0.486 e. The first kappa shape index (κ1) is 11.3. The van der Waals surface area contributed by atoms with Gasteiger partial charge in [-0.15, -0.1) is 11.3 Å². The fourth-order valence-corrected chi connectivity index (χ4v) is 2.50. The molecule has 2 aromatic rings. The molecule has 2 aromatic heterocycles. The lowest BCUT2D eigenvalue weighted by atomic mass is 10.4. The van der Waals surface area contributed by atoms with Crippen molar-refractivity contribution >= 4 is 33.6 Å². The van der Waals surface area contributed by atoms with Crippen LogP contribution >= 0.6 is 27.3 Å². The van der Waals surface area contributed by atoms with E-state index in [-0.39, 0.29) is 0 Å². The Morgan fingerprint density at radius 2 is 2.31 bits per heavy atom. The maximum atomic E-state index is 10.4. The van der Waals surface area contributed by atoms with E-state index >= 15 is 0 Å². The van der Waals surface area contributed by atoms with Crippen molar-refractivity contribution < 1.29 is 9.53 Å². The largest absolute Gasteiger partial charge is 0.486 e. The van der Waals surface area contributed by atoms with E-state index in [1.165, 1.54) is 0 Å². The summed E-state index contributed by atoms with van der Waals surface area (Å²) < 4.78 is 6.58. The third-order valence-electron chi connectivity index (χ3n) is 1.94. The van der Waals surface area contributed by atoms with Gasteiger partial charge in [0.1, 0.15) is 18.1 Å². The van der Waals surface area contributed by atoms with Gasteiger partial charge in [0.05, 0.1) is 11.1 Å². The molecule has 16 heavy (non-hydrogen) atoms. The highest BCUT2D eigenvalue weighted by atomic mass is 79.9. The van der Waals surface area contributed by atoms with Gasteiger partial charge >= 0.3 is 0 Å². The maximum Gasteiger partial charge on any atom is 0.168 e. The predicted octanol–water partition coefficient (Wildman–Crippen LogP) is 3.30. The number of carbonyl (C=O) groups excluding carboxylic acids is 1. The fraction of sp³-hybridized carbons (Fsp3) is 0.0909. The Hall–Kier alpha value is -1.20. The zero-order chi connectivity index (χ0) is 11.4. The summed E-state index contributed by atoms with van der Waals surface area (Å²) in [6.07, 6.45) is 2.25. The van der Waals surface area contributed by atoms with Gasteiger partial charge in [0.25, 0.3) is 0 Å². The van der Waals surface area contributed by atoms with Crippen LogP contribution in [0.3, 0.4) is 0 Å². The number of ether oxygens (including phenoxy) is 1. The number of aromatic nitrogens is 1. The number of halogens is 1. The van der Waals surface area contributed by atoms with Crippen LogP contribution in [0.1, 0.15) is 15.4 Å². The standard InChI is InChI=1S/C11H8BrNO2S/c12-10-3-4-16-11(10)7-15-9-2-1-8(6-14)13-5-9/h1-6H,7H2. The lowest BCUT2D eigenvalue weighted by molar-refractivity contribution is 0.111. The summed E-state index contributed by atoms with van der Waals surface area (Å²) in [4.78, 5) is 15.4. The van der Waals surface area contributed by atoms with Crippen LogP contribution in [0.15, 0.2) is 34.2 Å². The fourth-order valence-electron chi connectivity index (χ4n) is 1.12. The molecule has 2 heterocycles. The minimum absolute atomic E-state index is 0.407. The van der Waals surface area contributed by atoms with Crippen LogP contribution in [0.2, 0.25) is 0 Å². The molecule has 0 aliphatic carbocycles. The second-order valence-electron chi connectivity index (χ2n) is 3.02. The van der Waals surface area contributed by atoms with Crippen molar-refractivity contribution in [3.63, 3.8) is 0 Å². The van der Waals surface area contributed by atoms with Gasteiger partial charge in [-0.3, -0.25) is 4.79 Å². The molecule has 0 saturated carbocycles. The average molecular weight is 298 g/mol. The number of rotatable bonds is 4. The van der Waals surface area contributed by atoms with E-state index in [2.05, 4.69) is 20.9 Å². The lowest BCUT2D eigenvalue weighted by Crippen LogP contribution is -1.95. The summed E-state index contributed by atoms with van der Waals surface area (Å²) in [7, 11) is 0. The average Bonchev–Trinajstić information content (AvgIpc) is 2.73. The van der Waals surface area contributed by atoms with Crippen LogP contribution in [0.5, 0.6) is 5.75 Å². The van der Waals surface area contributed by atoms with Crippen LogP contribution < -0.4 is 4.74 Å². The van der Waals surface area contributed by atoms with E-state index < -0.39 is 0 Å². The molecule has 3 nitrogen and oxygen atoms in total. The topological polar surface area (TPSA) is 39.2 Å². The van der Waals surface area contributed by atoms with Gasteiger partial charge < -0.3 is 4.74 Å². The highest BCUT2D eigenvalue weighted by Gasteiger charge is 2.02. The highest BCUT2D eigenvalue weighted by Crippen LogP contribution is 2.24. The Morgan fingerprint density at radius 1 is 1.44 bits per heavy atom. The molecular weight excluding hydrogens is 290 g/mol. The van der Waals surface area contributed by atoms with Crippen LogP contribution in [-0.4, -0.2) is 11.3 Å². The molecule has 0 aliphatic rings. The van der Waals surface area contributed by atoms with Gasteiger partial charge in [-0.05, 0) is 39.5 Å². The Morgan fingerprint density at radius 3 is 2.88 bits per heavy atom. The second-order valence-corrected chi connectivity index (χ2v) is 4.87. The maximum absolute atomic E-state index is 10.4. The zero-order valence-electron chi connectivity index (χ0n) is 8.22. The molecule has 0 N–H and O–H groups in total. The molecule has 0 saturated heterocycles. The number of hydrogen-bond donors (Lipinski definition) is 0. The van der Waals surface area contributed by atoms with Gasteiger partial charge in [-0.2, -0.15) is 0 Å². The van der Waals surface area contributed by atoms with Crippen LogP contribution in [0, 0.1) is 0 Å². The van der Waals surface area contributed by atoms with Crippen molar-refractivity contribution in [2.24, 2.45) is 0 Å². The van der Waals surface area contributed by atoms with Crippen molar-refractivity contribution in [3.05, 3.63) is 44.8 Å². The molecule has 2 rings (SSSR count). The lowest BCUT2D eigenvalue weighted by Gasteiger charge is -2.04. The molecule has 5 heteroatoms. The Labute approximate surface area is 105 Å². The summed E-state index contributed by atoms with van der Waals surface area (Å²) in [6.45, 7) is 0.500. The number of thiophene rings is 1. The number of nitrogens with zero attached hydrogens (tertiary/aromatic N) is 1. The number of aldehydes is 1. The zero-order valence-corrected chi connectivity index (χ0v) is 10.6. The third-order valence-corrected chi connectivity index (χ3v) is 3.84. The third kappa shape index (κ3) is 2.68. The van der Waals surface area contributed by atoms with Crippen LogP contribution in [-0.2, 0) is 6.61 Å². The normalized spacial score (nSPS) is 10.1. The summed E-state index contributed by atoms with van der Waals surface area (Å²) in [6, 6.07) is 5.35. The Bertz CT molecular complexity index is 481. The molecule has 82 valence electrons. The summed E-state index contributed by atoms with van der Waals surface area (Å²) >= 11 is 5.06. The smallest absolute Gasteiger partial charge is 0.168 e. The van der Waals surface area contributed by atoms with Crippen molar-refractivity contribution in [2.45, 2.75) is 6.61 Å². The van der Waals surface area contributed by atoms with E-state index in [0.29, 0.717) is 24.3 Å². The van der Waals surface area contributed by atoms with E-state index in [0.717, 1.165) is 9.35 Å². The SMILES string of the molecule is O=Cc1ccc(OCc2sccc2Br)cn1. The first-order valence-corrected chi connectivity index (χ1v) is 6.23. The van der Waals surface area contributed by atoms with Gasteiger partial charge in [0.2, 0.25) is 0 Å². The Balaban J connectivity index is 1.99. The summed E-state index contributed by atoms with van der Waals surface area (Å²) in [5, 5.41) is 2.00. The van der Waals surface area contributed by atoms with Crippen LogP contribution in [0.25, 0.3) is 0 Å². The number of pyridine rings is 1.